The maximum atomic E-state index is 11.1. The van der Waals surface area contributed by atoms with Crippen molar-refractivity contribution in [3.05, 3.63) is 23.9 Å². The second-order valence-electron chi connectivity index (χ2n) is 3.70. The molecule has 3 heteroatoms. The van der Waals surface area contributed by atoms with E-state index in [1.165, 1.54) is 13.1 Å². The van der Waals surface area contributed by atoms with E-state index in [1.807, 2.05) is 0 Å². The Bertz CT molecular complexity index is 416. The van der Waals surface area contributed by atoms with Crippen molar-refractivity contribution in [1.82, 2.24) is 4.98 Å². The van der Waals surface area contributed by atoms with E-state index in [1.54, 1.807) is 26.0 Å². The van der Waals surface area contributed by atoms with E-state index in [0.29, 0.717) is 11.4 Å². The Morgan fingerprint density at radius 3 is 2.80 bits per heavy atom. The lowest BCUT2D eigenvalue weighted by Crippen LogP contribution is -2.26. The van der Waals surface area contributed by atoms with Crippen LogP contribution >= 0.6 is 0 Å². The highest BCUT2D eigenvalue weighted by molar-refractivity contribution is 5.94. The summed E-state index contributed by atoms with van der Waals surface area (Å²) in [5.74, 6) is 2.83. The highest BCUT2D eigenvalue weighted by Crippen LogP contribution is 2.16. The van der Waals surface area contributed by atoms with Crippen LogP contribution in [0.3, 0.4) is 0 Å². The largest absolute Gasteiger partial charge is 0.458 e. The first-order valence-electron chi connectivity index (χ1n) is 4.58. The van der Waals surface area contributed by atoms with Crippen LogP contribution in [0.1, 0.15) is 31.1 Å². The average molecular weight is 203 g/mol. The minimum Gasteiger partial charge on any atom is -0.458 e. The van der Waals surface area contributed by atoms with E-state index in [2.05, 4.69) is 10.9 Å². The molecule has 0 saturated carbocycles. The van der Waals surface area contributed by atoms with Gasteiger partial charge in [-0.1, -0.05) is 5.92 Å². The van der Waals surface area contributed by atoms with E-state index >= 15 is 0 Å². The van der Waals surface area contributed by atoms with Crippen LogP contribution < -0.4 is 4.74 Å². The number of rotatable bonds is 3. The molecule has 0 atom stereocenters. The van der Waals surface area contributed by atoms with Crippen molar-refractivity contribution < 1.29 is 9.53 Å². The summed E-state index contributed by atoms with van der Waals surface area (Å²) in [6.07, 6.45) is 6.81. The molecule has 0 fully saturated rings. The molecule has 0 aliphatic carbocycles. The molecule has 1 heterocycles. The molecule has 0 unspecified atom stereocenters. The smallest absolute Gasteiger partial charge is 0.215 e. The minimum atomic E-state index is -0.720. The number of terminal acetylenes is 1. The summed E-state index contributed by atoms with van der Waals surface area (Å²) >= 11 is 0. The number of carbonyl (C=O) groups is 1. The van der Waals surface area contributed by atoms with E-state index in [0.717, 1.165) is 0 Å². The first kappa shape index (κ1) is 11.3. The minimum absolute atomic E-state index is 0.0271. The number of pyridine rings is 1. The van der Waals surface area contributed by atoms with E-state index in [-0.39, 0.29) is 5.78 Å². The molecule has 0 aliphatic rings. The van der Waals surface area contributed by atoms with Crippen LogP contribution in [-0.4, -0.2) is 16.4 Å². The molecule has 3 nitrogen and oxygen atoms in total. The summed E-state index contributed by atoms with van der Waals surface area (Å²) in [6.45, 7) is 5.01. The van der Waals surface area contributed by atoms with Gasteiger partial charge in [-0.3, -0.25) is 4.79 Å². The second-order valence-corrected chi connectivity index (χ2v) is 3.70. The molecule has 78 valence electrons. The molecule has 1 aromatic heterocycles. The number of Topliss-reactive ketones (excluding diaryl/α,β-unsaturated/α-hetero) is 1. The van der Waals surface area contributed by atoms with Crippen molar-refractivity contribution >= 4 is 5.78 Å². The number of nitrogens with zero attached hydrogens (tertiary/aromatic N) is 1. The zero-order chi connectivity index (χ0) is 11.5. The molecular formula is C12H13NO2. The number of aromatic nitrogens is 1. The first-order valence-corrected chi connectivity index (χ1v) is 4.58. The van der Waals surface area contributed by atoms with Gasteiger partial charge in [0.05, 0.1) is 0 Å². The van der Waals surface area contributed by atoms with Crippen molar-refractivity contribution in [1.29, 1.82) is 0 Å². The standard InChI is InChI=1S/C12H13NO2/c1-5-12(3,4)15-11-8-10(9(2)14)6-7-13-11/h1,6-8H,2-4H3. The van der Waals surface area contributed by atoms with Crippen molar-refractivity contribution in [3.8, 4) is 18.2 Å². The number of ether oxygens (including phenoxy) is 1. The van der Waals surface area contributed by atoms with Gasteiger partial charge in [-0.15, -0.1) is 6.42 Å². The van der Waals surface area contributed by atoms with Gasteiger partial charge in [-0.25, -0.2) is 4.98 Å². The monoisotopic (exact) mass is 203 g/mol. The lowest BCUT2D eigenvalue weighted by molar-refractivity contribution is 0.101. The summed E-state index contributed by atoms with van der Waals surface area (Å²) in [4.78, 5) is 15.1. The van der Waals surface area contributed by atoms with Crippen molar-refractivity contribution in [2.24, 2.45) is 0 Å². The van der Waals surface area contributed by atoms with Crippen LogP contribution in [-0.2, 0) is 0 Å². The van der Waals surface area contributed by atoms with Crippen LogP contribution in [0.25, 0.3) is 0 Å². The van der Waals surface area contributed by atoms with Gasteiger partial charge in [0.2, 0.25) is 5.88 Å². The average Bonchev–Trinajstić information content (AvgIpc) is 2.17. The number of carbonyl (C=O) groups excluding carboxylic acids is 1. The first-order chi connectivity index (χ1) is 6.94. The molecule has 1 aromatic rings. The molecule has 0 saturated heterocycles. The van der Waals surface area contributed by atoms with Crippen LogP contribution in [0.15, 0.2) is 18.3 Å². The second kappa shape index (κ2) is 4.14. The zero-order valence-corrected chi connectivity index (χ0v) is 9.07. The highest BCUT2D eigenvalue weighted by Gasteiger charge is 2.16. The number of hydrogen-bond acceptors (Lipinski definition) is 3. The van der Waals surface area contributed by atoms with Gasteiger partial charge < -0.3 is 4.74 Å². The van der Waals surface area contributed by atoms with Crippen LogP contribution in [0.4, 0.5) is 0 Å². The third-order valence-electron chi connectivity index (χ3n) is 1.85. The lowest BCUT2D eigenvalue weighted by Gasteiger charge is -2.19. The Labute approximate surface area is 89.5 Å². The van der Waals surface area contributed by atoms with Crippen molar-refractivity contribution in [2.45, 2.75) is 26.4 Å². The van der Waals surface area contributed by atoms with E-state index in [9.17, 15) is 4.79 Å². The van der Waals surface area contributed by atoms with Gasteiger partial charge in [0, 0.05) is 17.8 Å². The molecule has 0 aromatic carbocycles. The molecule has 1 rings (SSSR count). The number of hydrogen-bond donors (Lipinski definition) is 0. The predicted octanol–water partition coefficient (Wildman–Crippen LogP) is 2.07. The molecule has 0 spiro atoms. The Hall–Kier alpha value is -1.82. The van der Waals surface area contributed by atoms with Crippen LogP contribution in [0.2, 0.25) is 0 Å². The Balaban J connectivity index is 2.93. The van der Waals surface area contributed by atoms with Gasteiger partial charge in [-0.2, -0.15) is 0 Å². The molecule has 0 radical (unpaired) electrons. The topological polar surface area (TPSA) is 39.2 Å². The molecular weight excluding hydrogens is 190 g/mol. The summed E-state index contributed by atoms with van der Waals surface area (Å²) in [7, 11) is 0. The lowest BCUT2D eigenvalue weighted by atomic mass is 10.1. The maximum Gasteiger partial charge on any atom is 0.215 e. The van der Waals surface area contributed by atoms with Gasteiger partial charge >= 0.3 is 0 Å². The Kier molecular flexibility index (Phi) is 3.11. The summed E-state index contributed by atoms with van der Waals surface area (Å²) in [5, 5.41) is 0. The summed E-state index contributed by atoms with van der Waals surface area (Å²) in [5.41, 5.74) is -0.157. The highest BCUT2D eigenvalue weighted by atomic mass is 16.5. The molecule has 0 N–H and O–H groups in total. The fraction of sp³-hybridized carbons (Fsp3) is 0.333. The SMILES string of the molecule is C#CC(C)(C)Oc1cc(C(C)=O)ccn1. The molecule has 0 amide bonds. The van der Waals surface area contributed by atoms with Crippen molar-refractivity contribution in [3.63, 3.8) is 0 Å². The van der Waals surface area contributed by atoms with E-state index in [4.69, 9.17) is 11.2 Å². The third-order valence-corrected chi connectivity index (χ3v) is 1.85. The molecule has 0 aliphatic heterocycles. The van der Waals surface area contributed by atoms with Gasteiger partial charge in [0.15, 0.2) is 11.4 Å². The fourth-order valence-corrected chi connectivity index (χ4v) is 0.975. The molecule has 15 heavy (non-hydrogen) atoms. The predicted molar refractivity (Wildman–Crippen MR) is 57.8 cm³/mol. The van der Waals surface area contributed by atoms with Gasteiger partial charge in [0.25, 0.3) is 0 Å². The zero-order valence-electron chi connectivity index (χ0n) is 9.07. The fourth-order valence-electron chi connectivity index (χ4n) is 0.975. The summed E-state index contributed by atoms with van der Waals surface area (Å²) < 4.78 is 5.44. The van der Waals surface area contributed by atoms with Crippen LogP contribution in [0, 0.1) is 12.3 Å². The third kappa shape index (κ3) is 3.10. The van der Waals surface area contributed by atoms with Crippen molar-refractivity contribution in [2.75, 3.05) is 0 Å². The summed E-state index contributed by atoms with van der Waals surface area (Å²) in [6, 6.07) is 3.22. The Morgan fingerprint density at radius 1 is 1.60 bits per heavy atom. The van der Waals surface area contributed by atoms with Gasteiger partial charge in [0.1, 0.15) is 0 Å². The quantitative estimate of drug-likeness (QED) is 0.557. The number of ketones is 1. The van der Waals surface area contributed by atoms with E-state index < -0.39 is 5.60 Å². The Morgan fingerprint density at radius 2 is 2.27 bits per heavy atom. The molecule has 0 bridgehead atoms. The van der Waals surface area contributed by atoms with Gasteiger partial charge in [-0.05, 0) is 26.8 Å². The van der Waals surface area contributed by atoms with Crippen LogP contribution in [0.5, 0.6) is 5.88 Å². The normalized spacial score (nSPS) is 10.5. The maximum absolute atomic E-state index is 11.1.